The molecule has 108 valence electrons. The van der Waals surface area contributed by atoms with Crippen LogP contribution >= 0.6 is 0 Å². The monoisotopic (exact) mass is 266 g/mol. The molecule has 0 aromatic rings. The van der Waals surface area contributed by atoms with Gasteiger partial charge in [0.05, 0.1) is 0 Å². The van der Waals surface area contributed by atoms with Crippen LogP contribution in [0.4, 0.5) is 0 Å². The van der Waals surface area contributed by atoms with E-state index in [4.69, 9.17) is 0 Å². The lowest BCUT2D eigenvalue weighted by Gasteiger charge is -2.42. The third-order valence-electron chi connectivity index (χ3n) is 4.74. The molecule has 0 aromatic heterocycles. The fourth-order valence-corrected chi connectivity index (χ4v) is 3.51. The molecule has 0 aliphatic carbocycles. The van der Waals surface area contributed by atoms with Gasteiger partial charge in [-0.25, -0.2) is 0 Å². The van der Waals surface area contributed by atoms with Crippen LogP contribution in [0.25, 0.3) is 0 Å². The predicted octanol–water partition coefficient (Wildman–Crippen LogP) is 2.03. The maximum atomic E-state index is 12.7. The highest BCUT2D eigenvalue weighted by molar-refractivity contribution is 5.80. The Morgan fingerprint density at radius 1 is 0.947 bits per heavy atom. The Labute approximate surface area is 116 Å². The lowest BCUT2D eigenvalue weighted by atomic mass is 9.90. The number of hydrogen-bond acceptors (Lipinski definition) is 2. The number of amides is 2. The molecule has 0 N–H and O–H groups in total. The smallest absolute Gasteiger partial charge is 0.226 e. The summed E-state index contributed by atoms with van der Waals surface area (Å²) in [6.45, 7) is 7.41. The van der Waals surface area contributed by atoms with E-state index in [0.29, 0.717) is 18.0 Å². The van der Waals surface area contributed by atoms with E-state index < -0.39 is 0 Å². The zero-order valence-corrected chi connectivity index (χ0v) is 12.4. The van der Waals surface area contributed by atoms with Gasteiger partial charge in [-0.15, -0.1) is 0 Å². The van der Waals surface area contributed by atoms with Gasteiger partial charge in [0.25, 0.3) is 0 Å². The Hall–Kier alpha value is -1.06. The predicted molar refractivity (Wildman–Crippen MR) is 74.6 cm³/mol. The molecule has 2 fully saturated rings. The van der Waals surface area contributed by atoms with Gasteiger partial charge in [0.2, 0.25) is 11.8 Å². The van der Waals surface area contributed by atoms with Crippen molar-refractivity contribution in [2.45, 2.75) is 65.0 Å². The van der Waals surface area contributed by atoms with E-state index in [1.54, 1.807) is 6.92 Å². The topological polar surface area (TPSA) is 40.6 Å². The van der Waals surface area contributed by atoms with Crippen LogP contribution < -0.4 is 0 Å². The zero-order valence-electron chi connectivity index (χ0n) is 12.4. The highest BCUT2D eigenvalue weighted by Crippen LogP contribution is 2.27. The Bertz CT molecular complexity index is 338. The molecule has 19 heavy (non-hydrogen) atoms. The largest absolute Gasteiger partial charge is 0.343 e. The zero-order chi connectivity index (χ0) is 14.0. The van der Waals surface area contributed by atoms with E-state index >= 15 is 0 Å². The first-order valence-corrected chi connectivity index (χ1v) is 7.58. The van der Waals surface area contributed by atoms with Crippen LogP contribution in [-0.4, -0.2) is 46.8 Å². The van der Waals surface area contributed by atoms with Crippen molar-refractivity contribution in [3.05, 3.63) is 0 Å². The molecular formula is C15H26N2O2. The van der Waals surface area contributed by atoms with Crippen molar-refractivity contribution in [3.8, 4) is 0 Å². The van der Waals surface area contributed by atoms with Crippen LogP contribution in [0.15, 0.2) is 0 Å². The number of rotatable bonds is 1. The van der Waals surface area contributed by atoms with Gasteiger partial charge < -0.3 is 9.80 Å². The number of hydrogen-bond donors (Lipinski definition) is 0. The molecule has 2 aliphatic heterocycles. The van der Waals surface area contributed by atoms with Crippen molar-refractivity contribution in [1.29, 1.82) is 0 Å². The first kappa shape index (κ1) is 14.4. The Balaban J connectivity index is 1.95. The SMILES string of the molecule is CC(=O)N1CCC(C(=O)N2C(C)CCCC2C)CC1. The van der Waals surface area contributed by atoms with Crippen molar-refractivity contribution in [2.24, 2.45) is 5.92 Å². The molecule has 2 rings (SSSR count). The van der Waals surface area contributed by atoms with E-state index in [2.05, 4.69) is 18.7 Å². The molecule has 0 radical (unpaired) electrons. The summed E-state index contributed by atoms with van der Waals surface area (Å²) in [5.41, 5.74) is 0. The van der Waals surface area contributed by atoms with Gasteiger partial charge in [-0.05, 0) is 46.0 Å². The van der Waals surface area contributed by atoms with E-state index in [1.165, 1.54) is 6.42 Å². The van der Waals surface area contributed by atoms with Gasteiger partial charge in [-0.2, -0.15) is 0 Å². The van der Waals surface area contributed by atoms with Gasteiger partial charge in [0.15, 0.2) is 0 Å². The average molecular weight is 266 g/mol. The number of piperidine rings is 2. The minimum atomic E-state index is 0.124. The van der Waals surface area contributed by atoms with E-state index in [-0.39, 0.29) is 11.8 Å². The first-order chi connectivity index (χ1) is 9.00. The molecular weight excluding hydrogens is 240 g/mol. The van der Waals surface area contributed by atoms with Crippen molar-refractivity contribution in [3.63, 3.8) is 0 Å². The summed E-state index contributed by atoms with van der Waals surface area (Å²) in [5, 5.41) is 0. The average Bonchev–Trinajstić information content (AvgIpc) is 2.38. The van der Waals surface area contributed by atoms with Crippen LogP contribution in [0.3, 0.4) is 0 Å². The molecule has 2 saturated heterocycles. The maximum Gasteiger partial charge on any atom is 0.226 e. The second kappa shape index (κ2) is 5.93. The third-order valence-corrected chi connectivity index (χ3v) is 4.74. The fourth-order valence-electron chi connectivity index (χ4n) is 3.51. The van der Waals surface area contributed by atoms with Crippen LogP contribution in [0.1, 0.15) is 52.9 Å². The van der Waals surface area contributed by atoms with Gasteiger partial charge in [0, 0.05) is 38.0 Å². The van der Waals surface area contributed by atoms with Crippen molar-refractivity contribution < 1.29 is 9.59 Å². The molecule has 2 amide bonds. The number of carbonyl (C=O) groups is 2. The normalized spacial score (nSPS) is 29.4. The molecule has 2 unspecified atom stereocenters. The van der Waals surface area contributed by atoms with Crippen molar-refractivity contribution in [2.75, 3.05) is 13.1 Å². The van der Waals surface area contributed by atoms with Crippen LogP contribution in [0.2, 0.25) is 0 Å². The van der Waals surface area contributed by atoms with E-state index in [9.17, 15) is 9.59 Å². The third kappa shape index (κ3) is 3.10. The summed E-state index contributed by atoms with van der Waals surface area (Å²) in [6, 6.07) is 0.754. The molecule has 2 aliphatic rings. The lowest BCUT2D eigenvalue weighted by Crippen LogP contribution is -2.51. The maximum absolute atomic E-state index is 12.7. The van der Waals surface area contributed by atoms with Crippen LogP contribution in [-0.2, 0) is 9.59 Å². The van der Waals surface area contributed by atoms with Crippen molar-refractivity contribution in [1.82, 2.24) is 9.80 Å². The molecule has 0 spiro atoms. The van der Waals surface area contributed by atoms with E-state index in [0.717, 1.165) is 38.8 Å². The summed E-state index contributed by atoms with van der Waals surface area (Å²) in [7, 11) is 0. The first-order valence-electron chi connectivity index (χ1n) is 7.58. The summed E-state index contributed by atoms with van der Waals surface area (Å²) in [5.74, 6) is 0.576. The van der Waals surface area contributed by atoms with Gasteiger partial charge >= 0.3 is 0 Å². The minimum absolute atomic E-state index is 0.124. The Kier molecular flexibility index (Phi) is 4.48. The molecule has 4 nitrogen and oxygen atoms in total. The molecule has 2 atom stereocenters. The Morgan fingerprint density at radius 2 is 1.47 bits per heavy atom. The Morgan fingerprint density at radius 3 is 1.95 bits per heavy atom. The molecule has 0 aromatic carbocycles. The summed E-state index contributed by atoms with van der Waals surface area (Å²) >= 11 is 0. The highest BCUT2D eigenvalue weighted by Gasteiger charge is 2.35. The number of carbonyl (C=O) groups excluding carboxylic acids is 2. The molecule has 4 heteroatoms. The molecule has 0 bridgehead atoms. The second-order valence-corrected chi connectivity index (χ2v) is 6.15. The van der Waals surface area contributed by atoms with Gasteiger partial charge in [-0.3, -0.25) is 9.59 Å². The highest BCUT2D eigenvalue weighted by atomic mass is 16.2. The van der Waals surface area contributed by atoms with Gasteiger partial charge in [0.1, 0.15) is 0 Å². The number of nitrogens with zero attached hydrogens (tertiary/aromatic N) is 2. The lowest BCUT2D eigenvalue weighted by molar-refractivity contribution is -0.145. The minimum Gasteiger partial charge on any atom is -0.343 e. The van der Waals surface area contributed by atoms with Crippen molar-refractivity contribution >= 4 is 11.8 Å². The second-order valence-electron chi connectivity index (χ2n) is 6.15. The van der Waals surface area contributed by atoms with Gasteiger partial charge in [-0.1, -0.05) is 0 Å². The molecule has 0 saturated carbocycles. The standard InChI is InChI=1S/C15H26N2O2/c1-11-5-4-6-12(2)17(11)15(19)14-7-9-16(10-8-14)13(3)18/h11-12,14H,4-10H2,1-3H3. The quantitative estimate of drug-likeness (QED) is 0.728. The summed E-state index contributed by atoms with van der Waals surface area (Å²) < 4.78 is 0. The summed E-state index contributed by atoms with van der Waals surface area (Å²) in [6.07, 6.45) is 5.14. The summed E-state index contributed by atoms with van der Waals surface area (Å²) in [4.78, 5) is 27.9. The molecule has 2 heterocycles. The van der Waals surface area contributed by atoms with Crippen LogP contribution in [0.5, 0.6) is 0 Å². The van der Waals surface area contributed by atoms with E-state index in [1.807, 2.05) is 4.90 Å². The fraction of sp³-hybridized carbons (Fsp3) is 0.867. The number of likely N-dealkylation sites (tertiary alicyclic amines) is 2. The van der Waals surface area contributed by atoms with Crippen LogP contribution in [0, 0.1) is 5.92 Å².